The fourth-order valence-electron chi connectivity index (χ4n) is 1.43. The fraction of sp³-hybridized carbons (Fsp3) is 0.778. The van der Waals surface area contributed by atoms with E-state index in [1.807, 2.05) is 0 Å². The summed E-state index contributed by atoms with van der Waals surface area (Å²) in [5.41, 5.74) is 0. The number of aromatic nitrogens is 3. The first-order valence-corrected chi connectivity index (χ1v) is 7.36. The Morgan fingerprint density at radius 1 is 1.41 bits per heavy atom. The van der Waals surface area contributed by atoms with Crippen molar-refractivity contribution in [2.45, 2.75) is 25.3 Å². The molecular weight excluding hydrogens is 242 g/mol. The van der Waals surface area contributed by atoms with Crippen molar-refractivity contribution in [1.29, 1.82) is 0 Å². The summed E-state index contributed by atoms with van der Waals surface area (Å²) in [6.07, 6.45) is 4.26. The topological polar surface area (TPSA) is 99.8 Å². The lowest BCUT2D eigenvalue weighted by molar-refractivity contribution is 0.575. The molecule has 0 saturated heterocycles. The minimum Gasteiger partial charge on any atom is -0.313 e. The van der Waals surface area contributed by atoms with Gasteiger partial charge in [-0.05, 0) is 12.8 Å². The summed E-state index contributed by atoms with van der Waals surface area (Å²) in [5, 5.41) is 9.54. The van der Waals surface area contributed by atoms with Crippen molar-refractivity contribution in [2.75, 3.05) is 18.8 Å². The number of hydrogen-bond donors (Lipinski definition) is 3. The second-order valence-corrected chi connectivity index (χ2v) is 6.05. The molecule has 1 heterocycles. The Hall–Kier alpha value is -0.990. The van der Waals surface area contributed by atoms with Crippen LogP contribution in [0.5, 0.6) is 0 Å². The Morgan fingerprint density at radius 2 is 2.24 bits per heavy atom. The van der Waals surface area contributed by atoms with E-state index in [0.717, 1.165) is 0 Å². The van der Waals surface area contributed by atoms with Crippen LogP contribution in [0.3, 0.4) is 0 Å². The molecule has 0 radical (unpaired) electrons. The molecule has 0 unspecified atom stereocenters. The SMILES string of the molecule is O=S(=O)(CCNC1CC1)NCCc1ncn[nH]1. The highest BCUT2D eigenvalue weighted by Crippen LogP contribution is 2.17. The van der Waals surface area contributed by atoms with E-state index < -0.39 is 10.0 Å². The van der Waals surface area contributed by atoms with E-state index >= 15 is 0 Å². The van der Waals surface area contributed by atoms with Crippen molar-refractivity contribution >= 4 is 10.0 Å². The molecule has 0 spiro atoms. The van der Waals surface area contributed by atoms with Crippen molar-refractivity contribution < 1.29 is 8.42 Å². The van der Waals surface area contributed by atoms with Crippen LogP contribution in [0.25, 0.3) is 0 Å². The van der Waals surface area contributed by atoms with Gasteiger partial charge in [-0.1, -0.05) is 0 Å². The lowest BCUT2D eigenvalue weighted by Crippen LogP contribution is -2.33. The van der Waals surface area contributed by atoms with Crippen LogP contribution in [0.4, 0.5) is 0 Å². The van der Waals surface area contributed by atoms with Gasteiger partial charge in [0.25, 0.3) is 0 Å². The summed E-state index contributed by atoms with van der Waals surface area (Å²) in [5.74, 6) is 0.809. The van der Waals surface area contributed by atoms with Gasteiger partial charge in [-0.3, -0.25) is 5.10 Å². The van der Waals surface area contributed by atoms with Crippen LogP contribution in [0.2, 0.25) is 0 Å². The largest absolute Gasteiger partial charge is 0.313 e. The summed E-state index contributed by atoms with van der Waals surface area (Å²) in [6, 6.07) is 0.541. The van der Waals surface area contributed by atoms with Gasteiger partial charge in [-0.25, -0.2) is 18.1 Å². The molecule has 7 nitrogen and oxygen atoms in total. The van der Waals surface area contributed by atoms with Gasteiger partial charge in [0.1, 0.15) is 12.2 Å². The molecule has 8 heteroatoms. The molecule has 2 rings (SSSR count). The smallest absolute Gasteiger partial charge is 0.212 e. The maximum absolute atomic E-state index is 11.6. The molecule has 1 aliphatic rings. The van der Waals surface area contributed by atoms with E-state index in [-0.39, 0.29) is 5.75 Å². The van der Waals surface area contributed by atoms with Gasteiger partial charge in [0.2, 0.25) is 10.0 Å². The van der Waals surface area contributed by atoms with Crippen LogP contribution in [0.1, 0.15) is 18.7 Å². The van der Waals surface area contributed by atoms with Crippen molar-refractivity contribution in [3.63, 3.8) is 0 Å². The predicted octanol–water partition coefficient (Wildman–Crippen LogP) is -0.981. The van der Waals surface area contributed by atoms with E-state index in [0.29, 0.717) is 31.4 Å². The number of nitrogens with zero attached hydrogens (tertiary/aromatic N) is 2. The van der Waals surface area contributed by atoms with E-state index in [4.69, 9.17) is 0 Å². The highest BCUT2D eigenvalue weighted by Gasteiger charge is 2.21. The summed E-state index contributed by atoms with van der Waals surface area (Å²) in [6.45, 7) is 0.864. The lowest BCUT2D eigenvalue weighted by Gasteiger charge is -2.06. The second kappa shape index (κ2) is 5.56. The fourth-order valence-corrected chi connectivity index (χ4v) is 2.38. The van der Waals surface area contributed by atoms with Gasteiger partial charge in [-0.2, -0.15) is 5.10 Å². The van der Waals surface area contributed by atoms with Crippen LogP contribution in [0.15, 0.2) is 6.33 Å². The molecule has 0 atom stereocenters. The average Bonchev–Trinajstić information content (AvgIpc) is 2.93. The zero-order valence-electron chi connectivity index (χ0n) is 9.52. The van der Waals surface area contributed by atoms with Crippen LogP contribution in [-0.2, 0) is 16.4 Å². The first kappa shape index (κ1) is 12.5. The quantitative estimate of drug-likeness (QED) is 0.557. The Morgan fingerprint density at radius 3 is 2.88 bits per heavy atom. The molecule has 0 aromatic carbocycles. The summed E-state index contributed by atoms with van der Waals surface area (Å²) in [7, 11) is -3.18. The van der Waals surface area contributed by atoms with E-state index in [2.05, 4.69) is 25.2 Å². The molecule has 1 fully saturated rings. The summed E-state index contributed by atoms with van der Waals surface area (Å²) < 4.78 is 25.7. The van der Waals surface area contributed by atoms with E-state index in [1.165, 1.54) is 19.2 Å². The average molecular weight is 259 g/mol. The van der Waals surface area contributed by atoms with Crippen LogP contribution < -0.4 is 10.0 Å². The zero-order chi connectivity index (χ0) is 12.1. The summed E-state index contributed by atoms with van der Waals surface area (Å²) in [4.78, 5) is 3.92. The normalized spacial score (nSPS) is 16.2. The van der Waals surface area contributed by atoms with E-state index in [1.54, 1.807) is 0 Å². The number of H-pyrrole nitrogens is 1. The number of nitrogens with one attached hydrogen (secondary N) is 3. The Bertz CT molecular complexity index is 426. The number of hydrogen-bond acceptors (Lipinski definition) is 5. The first-order valence-electron chi connectivity index (χ1n) is 5.71. The Kier molecular flexibility index (Phi) is 4.08. The van der Waals surface area contributed by atoms with Gasteiger partial charge >= 0.3 is 0 Å². The monoisotopic (exact) mass is 259 g/mol. The first-order chi connectivity index (χ1) is 8.16. The number of sulfonamides is 1. The minimum atomic E-state index is -3.18. The van der Waals surface area contributed by atoms with E-state index in [9.17, 15) is 8.42 Å². The molecule has 17 heavy (non-hydrogen) atoms. The highest BCUT2D eigenvalue weighted by atomic mass is 32.2. The molecule has 1 saturated carbocycles. The van der Waals surface area contributed by atoms with Crippen molar-refractivity contribution in [1.82, 2.24) is 25.2 Å². The zero-order valence-corrected chi connectivity index (χ0v) is 10.3. The Labute approximate surface area is 100 Å². The van der Waals surface area contributed by atoms with Crippen molar-refractivity contribution in [3.05, 3.63) is 12.2 Å². The molecule has 96 valence electrons. The van der Waals surface area contributed by atoms with Crippen LogP contribution in [-0.4, -0.2) is 48.5 Å². The van der Waals surface area contributed by atoms with Crippen LogP contribution in [0, 0.1) is 0 Å². The Balaban J connectivity index is 1.62. The van der Waals surface area contributed by atoms with Gasteiger partial charge < -0.3 is 5.32 Å². The molecule has 3 N–H and O–H groups in total. The number of rotatable bonds is 8. The molecule has 1 aromatic rings. The van der Waals surface area contributed by atoms with Gasteiger partial charge in [0.05, 0.1) is 5.75 Å². The standard InChI is InChI=1S/C9H17N5O2S/c15-17(16,6-5-10-8-1-2-8)13-4-3-9-11-7-12-14-9/h7-8,10,13H,1-6H2,(H,11,12,14). The molecule has 0 aliphatic heterocycles. The minimum absolute atomic E-state index is 0.125. The molecule has 0 amide bonds. The number of aromatic amines is 1. The molecular formula is C9H17N5O2S. The van der Waals surface area contributed by atoms with Gasteiger partial charge in [0, 0.05) is 25.6 Å². The van der Waals surface area contributed by atoms with Crippen molar-refractivity contribution in [3.8, 4) is 0 Å². The van der Waals surface area contributed by atoms with Crippen LogP contribution >= 0.6 is 0 Å². The maximum Gasteiger partial charge on any atom is 0.212 e. The molecule has 1 aliphatic carbocycles. The predicted molar refractivity (Wildman–Crippen MR) is 62.9 cm³/mol. The van der Waals surface area contributed by atoms with Crippen molar-refractivity contribution in [2.24, 2.45) is 0 Å². The third kappa shape index (κ3) is 4.80. The second-order valence-electron chi connectivity index (χ2n) is 4.12. The lowest BCUT2D eigenvalue weighted by atomic mass is 10.4. The summed E-state index contributed by atoms with van der Waals surface area (Å²) >= 11 is 0. The third-order valence-electron chi connectivity index (χ3n) is 2.53. The molecule has 1 aromatic heterocycles. The molecule has 0 bridgehead atoms. The van der Waals surface area contributed by atoms with Gasteiger partial charge in [0.15, 0.2) is 0 Å². The maximum atomic E-state index is 11.6. The van der Waals surface area contributed by atoms with Gasteiger partial charge in [-0.15, -0.1) is 0 Å². The highest BCUT2D eigenvalue weighted by molar-refractivity contribution is 7.89. The third-order valence-corrected chi connectivity index (χ3v) is 3.92.